The van der Waals surface area contributed by atoms with Gasteiger partial charge in [0.1, 0.15) is 0 Å². The number of phenols is 1. The summed E-state index contributed by atoms with van der Waals surface area (Å²) in [5.74, 6) is -2.38. The third kappa shape index (κ3) is 4.53. The van der Waals surface area contributed by atoms with Crippen molar-refractivity contribution >= 4 is 29.2 Å². The molecule has 36 heavy (non-hydrogen) atoms. The highest BCUT2D eigenvalue weighted by atomic mass is 32.1. The van der Waals surface area contributed by atoms with Gasteiger partial charge in [-0.15, -0.1) is 11.3 Å². The molecule has 0 saturated carbocycles. The number of aliphatic hydroxyl groups is 1. The van der Waals surface area contributed by atoms with E-state index in [1.807, 2.05) is 30.5 Å². The fourth-order valence-electron chi connectivity index (χ4n) is 5.91. The molecule has 4 atom stereocenters. The number of ether oxygens (including phenoxy) is 1. The van der Waals surface area contributed by atoms with E-state index in [0.29, 0.717) is 38.0 Å². The maximum atomic E-state index is 13.7. The van der Waals surface area contributed by atoms with Crippen LogP contribution in [0.2, 0.25) is 0 Å². The van der Waals surface area contributed by atoms with E-state index in [1.54, 1.807) is 6.07 Å². The minimum absolute atomic E-state index is 0.134. The van der Waals surface area contributed by atoms with E-state index < -0.39 is 17.7 Å². The molecule has 0 unspecified atom stereocenters. The van der Waals surface area contributed by atoms with Gasteiger partial charge in [0.05, 0.1) is 37.7 Å². The van der Waals surface area contributed by atoms with E-state index in [1.165, 1.54) is 28.4 Å². The van der Waals surface area contributed by atoms with Crippen LogP contribution in [-0.4, -0.2) is 46.2 Å². The largest absolute Gasteiger partial charge is 0.505 e. The molecule has 5 rings (SSSR count). The molecule has 2 saturated heterocycles. The Bertz CT molecular complexity index is 1220. The number of carbonyl (C=O) groups is 2. The van der Waals surface area contributed by atoms with Gasteiger partial charge in [-0.25, -0.2) is 4.39 Å². The van der Waals surface area contributed by atoms with Crippen LogP contribution in [0.25, 0.3) is 6.08 Å². The average molecular weight is 512 g/mol. The van der Waals surface area contributed by atoms with Crippen molar-refractivity contribution in [2.45, 2.75) is 45.3 Å². The van der Waals surface area contributed by atoms with Gasteiger partial charge in [-0.05, 0) is 66.0 Å². The summed E-state index contributed by atoms with van der Waals surface area (Å²) >= 11 is 1.53. The van der Waals surface area contributed by atoms with Crippen molar-refractivity contribution in [1.29, 1.82) is 0 Å². The predicted octanol–water partition coefficient (Wildman–Crippen LogP) is 4.68. The molecular formula is C28H30FNO5S. The number of aromatic hydroxyl groups is 1. The van der Waals surface area contributed by atoms with Crippen LogP contribution in [0.4, 0.5) is 4.39 Å². The highest BCUT2D eigenvalue weighted by Crippen LogP contribution is 2.50. The number of hydrogen-bond acceptors (Lipinski definition) is 6. The van der Waals surface area contributed by atoms with E-state index in [9.17, 15) is 24.2 Å². The molecule has 2 aliphatic heterocycles. The quantitative estimate of drug-likeness (QED) is 0.397. The summed E-state index contributed by atoms with van der Waals surface area (Å²) in [6.07, 6.45) is 4.26. The molecular weight excluding hydrogens is 481 g/mol. The third-order valence-corrected chi connectivity index (χ3v) is 8.57. The van der Waals surface area contributed by atoms with Crippen LogP contribution in [0.5, 0.6) is 5.75 Å². The molecule has 190 valence electrons. The Morgan fingerprint density at radius 1 is 1.25 bits per heavy atom. The van der Waals surface area contributed by atoms with Crippen molar-refractivity contribution in [2.24, 2.45) is 17.8 Å². The van der Waals surface area contributed by atoms with Crippen LogP contribution in [0, 0.1) is 23.6 Å². The van der Waals surface area contributed by atoms with Gasteiger partial charge in [-0.1, -0.05) is 30.7 Å². The lowest BCUT2D eigenvalue weighted by molar-refractivity contribution is -0.140. The number of fused-ring (bicyclic) bond motifs is 3. The number of carbonyl (C=O) groups excluding carboxylic acids is 2. The van der Waals surface area contributed by atoms with Crippen molar-refractivity contribution in [1.82, 2.24) is 4.90 Å². The third-order valence-electron chi connectivity index (χ3n) is 7.71. The van der Waals surface area contributed by atoms with Crippen molar-refractivity contribution in [3.8, 4) is 5.75 Å². The summed E-state index contributed by atoms with van der Waals surface area (Å²) in [4.78, 5) is 29.0. The summed E-state index contributed by atoms with van der Waals surface area (Å²) in [5, 5.41) is 21.5. The molecule has 1 aromatic carbocycles. The highest BCUT2D eigenvalue weighted by molar-refractivity contribution is 7.09. The average Bonchev–Trinajstić information content (AvgIpc) is 3.60. The number of thiophene rings is 1. The van der Waals surface area contributed by atoms with E-state index in [0.717, 1.165) is 28.0 Å². The molecule has 0 spiro atoms. The van der Waals surface area contributed by atoms with E-state index in [-0.39, 0.29) is 36.2 Å². The van der Waals surface area contributed by atoms with E-state index >= 15 is 0 Å². The molecule has 0 bridgehead atoms. The van der Waals surface area contributed by atoms with Crippen LogP contribution in [0.15, 0.2) is 52.4 Å². The van der Waals surface area contributed by atoms with Crippen molar-refractivity contribution in [3.63, 3.8) is 0 Å². The monoisotopic (exact) mass is 511 g/mol. The molecule has 1 aliphatic carbocycles. The zero-order valence-electron chi connectivity index (χ0n) is 20.2. The molecule has 3 aliphatic rings. The first-order valence-corrected chi connectivity index (χ1v) is 13.3. The summed E-state index contributed by atoms with van der Waals surface area (Å²) in [5.41, 5.74) is 3.61. The Balaban J connectivity index is 1.33. The number of phenolic OH excluding ortho intramolecular Hbond substituents is 1. The normalized spacial score (nSPS) is 26.1. The van der Waals surface area contributed by atoms with Crippen molar-refractivity contribution in [2.75, 3.05) is 13.2 Å². The van der Waals surface area contributed by atoms with Crippen LogP contribution in [0.3, 0.4) is 0 Å². The maximum Gasteiger partial charge on any atom is 0.234 e. The first kappa shape index (κ1) is 24.9. The molecule has 2 N–H and O–H groups in total. The van der Waals surface area contributed by atoms with Crippen LogP contribution >= 0.6 is 11.3 Å². The van der Waals surface area contributed by atoms with Gasteiger partial charge in [0.2, 0.25) is 11.8 Å². The molecule has 2 fully saturated rings. The number of amides is 2. The zero-order valence-corrected chi connectivity index (χ0v) is 21.0. The Labute approximate surface area is 213 Å². The summed E-state index contributed by atoms with van der Waals surface area (Å²) in [6.45, 7) is 2.55. The van der Waals surface area contributed by atoms with Crippen LogP contribution in [0.1, 0.15) is 43.0 Å². The van der Waals surface area contributed by atoms with Crippen LogP contribution in [-0.2, 0) is 20.9 Å². The second-order valence-electron chi connectivity index (χ2n) is 9.73. The number of allylic oxidation sites excluding steroid dienone is 1. The minimum Gasteiger partial charge on any atom is -0.505 e. The molecule has 0 radical (unpaired) electrons. The Hall–Kier alpha value is -2.81. The van der Waals surface area contributed by atoms with Gasteiger partial charge in [-0.3, -0.25) is 14.5 Å². The first-order valence-electron chi connectivity index (χ1n) is 12.4. The maximum absolute atomic E-state index is 13.7. The van der Waals surface area contributed by atoms with Gasteiger partial charge in [0.15, 0.2) is 11.6 Å². The lowest BCUT2D eigenvalue weighted by atomic mass is 9.69. The highest BCUT2D eigenvalue weighted by Gasteiger charge is 2.56. The number of hydrogen-bond donors (Lipinski definition) is 2. The van der Waals surface area contributed by atoms with Gasteiger partial charge < -0.3 is 14.9 Å². The van der Waals surface area contributed by atoms with Crippen molar-refractivity contribution in [3.05, 3.63) is 68.7 Å². The molecule has 1 aromatic heterocycles. The van der Waals surface area contributed by atoms with Crippen molar-refractivity contribution < 1.29 is 28.9 Å². The predicted molar refractivity (Wildman–Crippen MR) is 134 cm³/mol. The number of nitrogens with zero attached hydrogens (tertiary/aromatic N) is 1. The molecule has 2 amide bonds. The molecule has 8 heteroatoms. The standard InChI is InChI=1S/C28H30FNO5S/c1-2-16(10-17-5-7-23(32)22(29)11-17)6-8-24-25-18(14-31)12-20-26(21(25)15-35-24)28(34)30(27(20)33)13-19-4-3-9-36-19/h3-5,7,9-11,20-21,24,26,31-32H,2,6,8,12-15H2,1H3/b16-10+/t20-,21+,24-,26-/m1/s1. The number of aliphatic hydroxyl groups excluding tert-OH is 1. The number of benzene rings is 1. The molecule has 2 aromatic rings. The molecule has 3 heterocycles. The van der Waals surface area contributed by atoms with E-state index in [4.69, 9.17) is 4.74 Å². The van der Waals surface area contributed by atoms with Gasteiger partial charge >= 0.3 is 0 Å². The topological polar surface area (TPSA) is 87.1 Å². The lowest BCUT2D eigenvalue weighted by Gasteiger charge is -2.31. The van der Waals surface area contributed by atoms with E-state index in [2.05, 4.69) is 0 Å². The number of imide groups is 1. The Morgan fingerprint density at radius 2 is 2.08 bits per heavy atom. The number of likely N-dealkylation sites (tertiary alicyclic amines) is 1. The number of rotatable bonds is 8. The zero-order chi connectivity index (χ0) is 25.4. The second kappa shape index (κ2) is 10.3. The Morgan fingerprint density at radius 3 is 2.78 bits per heavy atom. The molecule has 6 nitrogen and oxygen atoms in total. The van der Waals surface area contributed by atoms with Gasteiger partial charge in [0, 0.05) is 10.8 Å². The lowest BCUT2D eigenvalue weighted by Crippen LogP contribution is -2.34. The minimum atomic E-state index is -0.653. The fourth-order valence-corrected chi connectivity index (χ4v) is 6.61. The van der Waals surface area contributed by atoms with Gasteiger partial charge in [0.25, 0.3) is 0 Å². The summed E-state index contributed by atoms with van der Waals surface area (Å²) in [6, 6.07) is 8.17. The van der Waals surface area contributed by atoms with Crippen LogP contribution < -0.4 is 0 Å². The fraction of sp³-hybridized carbons (Fsp3) is 0.429. The summed E-state index contributed by atoms with van der Waals surface area (Å²) < 4.78 is 19.9. The smallest absolute Gasteiger partial charge is 0.234 e. The SMILES string of the molecule is CC/C(=C\c1ccc(O)c(F)c1)CC[C@H]1OC[C@H]2C1=C(CO)C[C@H]1C(=O)N(Cc3cccs3)C(=O)[C@H]12. The number of halogens is 1. The summed E-state index contributed by atoms with van der Waals surface area (Å²) in [7, 11) is 0. The first-order chi connectivity index (χ1) is 17.4. The van der Waals surface area contributed by atoms with Gasteiger partial charge in [-0.2, -0.15) is 0 Å². The second-order valence-corrected chi connectivity index (χ2v) is 10.8. The Kier molecular flexibility index (Phi) is 7.10.